The number of hydrogen-bond acceptors (Lipinski definition) is 2. The summed E-state index contributed by atoms with van der Waals surface area (Å²) in [5, 5.41) is 3.73. The number of aryl methyl sites for hydroxylation is 1. The van der Waals surface area contributed by atoms with Gasteiger partial charge in [-0.1, -0.05) is 29.8 Å². The summed E-state index contributed by atoms with van der Waals surface area (Å²) in [5.41, 5.74) is 3.05. The van der Waals surface area contributed by atoms with Crippen LogP contribution in [-0.4, -0.2) is 29.0 Å². The SMILES string of the molecule is Cc1ccc(NC(=O)N2CCSCC2c2ccc(Cl)cc2)c(Br)c1. The van der Waals surface area contributed by atoms with Crippen LogP contribution in [0, 0.1) is 6.92 Å². The Hall–Kier alpha value is -1.17. The Morgan fingerprint density at radius 3 is 2.75 bits per heavy atom. The van der Waals surface area contributed by atoms with E-state index in [0.717, 1.165) is 39.3 Å². The first-order chi connectivity index (χ1) is 11.5. The maximum atomic E-state index is 12.8. The molecule has 0 aromatic heterocycles. The van der Waals surface area contributed by atoms with Gasteiger partial charge in [0.05, 0.1) is 11.7 Å². The van der Waals surface area contributed by atoms with E-state index in [0.29, 0.717) is 5.02 Å². The van der Waals surface area contributed by atoms with E-state index in [2.05, 4.69) is 21.2 Å². The third kappa shape index (κ3) is 4.08. The number of amides is 2. The van der Waals surface area contributed by atoms with E-state index in [1.54, 1.807) is 0 Å². The fourth-order valence-electron chi connectivity index (χ4n) is 2.72. The highest BCUT2D eigenvalue weighted by atomic mass is 79.9. The number of rotatable bonds is 2. The lowest BCUT2D eigenvalue weighted by Crippen LogP contribution is -2.43. The fraction of sp³-hybridized carbons (Fsp3) is 0.278. The van der Waals surface area contributed by atoms with E-state index in [1.807, 2.05) is 66.1 Å². The van der Waals surface area contributed by atoms with Crippen LogP contribution >= 0.6 is 39.3 Å². The Balaban J connectivity index is 1.79. The van der Waals surface area contributed by atoms with Gasteiger partial charge in [-0.2, -0.15) is 11.8 Å². The third-order valence-corrected chi connectivity index (χ3v) is 5.94. The highest BCUT2D eigenvalue weighted by Crippen LogP contribution is 2.31. The molecule has 2 amide bonds. The van der Waals surface area contributed by atoms with Crippen molar-refractivity contribution in [2.75, 3.05) is 23.4 Å². The monoisotopic (exact) mass is 424 g/mol. The summed E-state index contributed by atoms with van der Waals surface area (Å²) in [6, 6.07) is 13.7. The molecule has 0 radical (unpaired) electrons. The zero-order chi connectivity index (χ0) is 17.1. The molecular formula is C18H18BrClN2OS. The van der Waals surface area contributed by atoms with Gasteiger partial charge in [0.15, 0.2) is 0 Å². The lowest BCUT2D eigenvalue weighted by Gasteiger charge is -2.35. The summed E-state index contributed by atoms with van der Waals surface area (Å²) in [7, 11) is 0. The molecule has 0 aliphatic carbocycles. The predicted molar refractivity (Wildman–Crippen MR) is 106 cm³/mol. The number of urea groups is 1. The molecule has 2 aromatic carbocycles. The van der Waals surface area contributed by atoms with Crippen molar-refractivity contribution in [3.63, 3.8) is 0 Å². The second-order valence-corrected chi connectivity index (χ2v) is 8.19. The zero-order valence-electron chi connectivity index (χ0n) is 13.3. The van der Waals surface area contributed by atoms with Gasteiger partial charge in [0.1, 0.15) is 0 Å². The molecule has 6 heteroatoms. The quantitative estimate of drug-likeness (QED) is 0.666. The first-order valence-electron chi connectivity index (χ1n) is 7.71. The molecule has 0 spiro atoms. The van der Waals surface area contributed by atoms with Crippen LogP contribution in [0.4, 0.5) is 10.5 Å². The Morgan fingerprint density at radius 1 is 1.29 bits per heavy atom. The maximum Gasteiger partial charge on any atom is 0.322 e. The van der Waals surface area contributed by atoms with Crippen LogP contribution in [0.1, 0.15) is 17.2 Å². The Bertz CT molecular complexity index is 738. The zero-order valence-corrected chi connectivity index (χ0v) is 16.4. The van der Waals surface area contributed by atoms with E-state index in [-0.39, 0.29) is 12.1 Å². The lowest BCUT2D eigenvalue weighted by molar-refractivity contribution is 0.196. The molecule has 126 valence electrons. The minimum absolute atomic E-state index is 0.0604. The van der Waals surface area contributed by atoms with Crippen molar-refractivity contribution in [3.8, 4) is 0 Å². The van der Waals surface area contributed by atoms with E-state index in [1.165, 1.54) is 0 Å². The molecule has 0 saturated carbocycles. The van der Waals surface area contributed by atoms with Gasteiger partial charge < -0.3 is 10.2 Å². The highest BCUT2D eigenvalue weighted by molar-refractivity contribution is 9.10. The number of nitrogens with one attached hydrogen (secondary N) is 1. The van der Waals surface area contributed by atoms with Crippen LogP contribution < -0.4 is 5.32 Å². The van der Waals surface area contributed by atoms with Gasteiger partial charge in [0.2, 0.25) is 0 Å². The largest absolute Gasteiger partial charge is 0.322 e. The molecule has 3 rings (SSSR count). The summed E-state index contributed by atoms with van der Waals surface area (Å²) in [4.78, 5) is 14.7. The van der Waals surface area contributed by atoms with E-state index >= 15 is 0 Å². The second-order valence-electron chi connectivity index (χ2n) is 5.75. The van der Waals surface area contributed by atoms with Crippen molar-refractivity contribution in [2.24, 2.45) is 0 Å². The van der Waals surface area contributed by atoms with Crippen LogP contribution in [0.25, 0.3) is 0 Å². The summed E-state index contributed by atoms with van der Waals surface area (Å²) < 4.78 is 0.894. The fourth-order valence-corrected chi connectivity index (χ4v) is 4.52. The van der Waals surface area contributed by atoms with E-state index in [4.69, 9.17) is 11.6 Å². The van der Waals surface area contributed by atoms with E-state index in [9.17, 15) is 4.79 Å². The Labute approximate surface area is 159 Å². The molecule has 1 unspecified atom stereocenters. The van der Waals surface area contributed by atoms with Crippen molar-refractivity contribution in [1.82, 2.24) is 4.90 Å². The summed E-state index contributed by atoms with van der Waals surface area (Å²) >= 11 is 11.4. The van der Waals surface area contributed by atoms with Crippen LogP contribution in [-0.2, 0) is 0 Å². The minimum atomic E-state index is -0.0696. The standard InChI is InChI=1S/C18H18BrClN2OS/c1-12-2-7-16(15(19)10-12)21-18(23)22-8-9-24-11-17(22)13-3-5-14(20)6-4-13/h2-7,10,17H,8-9,11H2,1H3,(H,21,23). The molecule has 3 nitrogen and oxygen atoms in total. The molecule has 1 saturated heterocycles. The van der Waals surface area contributed by atoms with Gasteiger partial charge in [-0.3, -0.25) is 0 Å². The Morgan fingerprint density at radius 2 is 2.04 bits per heavy atom. The van der Waals surface area contributed by atoms with Gasteiger partial charge in [0.25, 0.3) is 0 Å². The number of carbonyl (C=O) groups excluding carboxylic acids is 1. The summed E-state index contributed by atoms with van der Waals surface area (Å²) in [6.07, 6.45) is 0. The molecular weight excluding hydrogens is 408 g/mol. The van der Waals surface area contributed by atoms with E-state index < -0.39 is 0 Å². The molecule has 1 aliphatic heterocycles. The average Bonchev–Trinajstić information content (AvgIpc) is 2.58. The van der Waals surface area contributed by atoms with Crippen molar-refractivity contribution < 1.29 is 4.79 Å². The second kappa shape index (κ2) is 7.81. The molecule has 1 N–H and O–H groups in total. The normalized spacial score (nSPS) is 17.6. The lowest BCUT2D eigenvalue weighted by atomic mass is 10.1. The Kier molecular flexibility index (Phi) is 5.74. The van der Waals surface area contributed by atoms with Gasteiger partial charge in [0, 0.05) is 27.5 Å². The average molecular weight is 426 g/mol. The molecule has 1 aliphatic rings. The van der Waals surface area contributed by atoms with Crippen LogP contribution in [0.15, 0.2) is 46.9 Å². The van der Waals surface area contributed by atoms with Crippen LogP contribution in [0.2, 0.25) is 5.02 Å². The summed E-state index contributed by atoms with van der Waals surface area (Å²) in [6.45, 7) is 2.75. The van der Waals surface area contributed by atoms with Crippen molar-refractivity contribution in [2.45, 2.75) is 13.0 Å². The molecule has 1 heterocycles. The highest BCUT2D eigenvalue weighted by Gasteiger charge is 2.28. The number of nitrogens with zero attached hydrogens (tertiary/aromatic N) is 1. The number of thioether (sulfide) groups is 1. The third-order valence-electron chi connectivity index (χ3n) is 4.01. The van der Waals surface area contributed by atoms with Gasteiger partial charge in [-0.25, -0.2) is 4.79 Å². The topological polar surface area (TPSA) is 32.3 Å². The number of hydrogen-bond donors (Lipinski definition) is 1. The van der Waals surface area contributed by atoms with Crippen LogP contribution in [0.5, 0.6) is 0 Å². The molecule has 2 aromatic rings. The molecule has 0 bridgehead atoms. The minimum Gasteiger partial charge on any atom is -0.316 e. The van der Waals surface area contributed by atoms with Gasteiger partial charge in [-0.05, 0) is 58.2 Å². The first kappa shape index (κ1) is 17.6. The van der Waals surface area contributed by atoms with Crippen molar-refractivity contribution in [3.05, 3.63) is 63.1 Å². The van der Waals surface area contributed by atoms with Crippen LogP contribution in [0.3, 0.4) is 0 Å². The van der Waals surface area contributed by atoms with Gasteiger partial charge in [-0.15, -0.1) is 0 Å². The maximum absolute atomic E-state index is 12.8. The first-order valence-corrected chi connectivity index (χ1v) is 10.0. The summed E-state index contributed by atoms with van der Waals surface area (Å²) in [5.74, 6) is 1.84. The molecule has 1 atom stereocenters. The number of halogens is 2. The number of anilines is 1. The smallest absolute Gasteiger partial charge is 0.316 e. The number of benzene rings is 2. The molecule has 1 fully saturated rings. The van der Waals surface area contributed by atoms with Crippen molar-refractivity contribution in [1.29, 1.82) is 0 Å². The molecule has 24 heavy (non-hydrogen) atoms. The van der Waals surface area contributed by atoms with Gasteiger partial charge >= 0.3 is 6.03 Å². The number of carbonyl (C=O) groups is 1. The van der Waals surface area contributed by atoms with Crippen molar-refractivity contribution >= 4 is 51.0 Å². The predicted octanol–water partition coefficient (Wildman–Crippen LogP) is 5.73.